The minimum atomic E-state index is -0.454. The van der Waals surface area contributed by atoms with Crippen molar-refractivity contribution in [1.82, 2.24) is 4.98 Å². The highest BCUT2D eigenvalue weighted by Crippen LogP contribution is 2.36. The van der Waals surface area contributed by atoms with Gasteiger partial charge in [-0.2, -0.15) is 0 Å². The topological polar surface area (TPSA) is 57.7 Å². The average molecular weight is 439 g/mol. The number of methoxy groups -OCH3 is 2. The number of hydrogen-bond donors (Lipinski definition) is 0. The molecule has 2 aromatic carbocycles. The lowest BCUT2D eigenvalue weighted by Gasteiger charge is -2.12. The van der Waals surface area contributed by atoms with E-state index in [1.54, 1.807) is 48.7 Å². The van der Waals surface area contributed by atoms with Crippen molar-refractivity contribution < 1.29 is 19.0 Å². The molecular formula is C20H14Cl3NO4. The lowest BCUT2D eigenvalue weighted by Crippen LogP contribution is -2.02. The van der Waals surface area contributed by atoms with E-state index in [1.165, 1.54) is 14.2 Å². The van der Waals surface area contributed by atoms with Crippen molar-refractivity contribution in [1.29, 1.82) is 0 Å². The maximum absolute atomic E-state index is 11.7. The molecule has 0 radical (unpaired) electrons. The van der Waals surface area contributed by atoms with E-state index in [-0.39, 0.29) is 10.9 Å². The highest BCUT2D eigenvalue weighted by Gasteiger charge is 2.14. The first-order chi connectivity index (χ1) is 13.4. The summed E-state index contributed by atoms with van der Waals surface area (Å²) in [5, 5.41) is 1.16. The standard InChI is InChI=1S/C20H14Cl3NO4/c1-26-18-6-11(20(25)27-2)3-4-16(18)12-5-17(23)19(24-10-12)28-15-8-13(21)7-14(22)9-15/h3-10H,1-2H3. The van der Waals surface area contributed by atoms with Gasteiger partial charge in [-0.1, -0.05) is 34.8 Å². The zero-order valence-electron chi connectivity index (χ0n) is 14.8. The summed E-state index contributed by atoms with van der Waals surface area (Å²) >= 11 is 18.3. The molecule has 1 heterocycles. The number of carbonyl (C=O) groups is 1. The van der Waals surface area contributed by atoms with Gasteiger partial charge in [0.1, 0.15) is 16.5 Å². The lowest BCUT2D eigenvalue weighted by atomic mass is 10.0. The largest absolute Gasteiger partial charge is 0.496 e. The molecule has 0 aliphatic carbocycles. The number of nitrogens with zero attached hydrogens (tertiary/aromatic N) is 1. The van der Waals surface area contributed by atoms with Gasteiger partial charge in [0, 0.05) is 27.4 Å². The van der Waals surface area contributed by atoms with Crippen LogP contribution >= 0.6 is 34.8 Å². The van der Waals surface area contributed by atoms with Gasteiger partial charge in [0.15, 0.2) is 0 Å². The highest BCUT2D eigenvalue weighted by atomic mass is 35.5. The van der Waals surface area contributed by atoms with Crippen molar-refractivity contribution in [2.45, 2.75) is 0 Å². The highest BCUT2D eigenvalue weighted by molar-refractivity contribution is 6.35. The smallest absolute Gasteiger partial charge is 0.337 e. The molecule has 0 spiro atoms. The Morgan fingerprint density at radius 3 is 2.29 bits per heavy atom. The number of pyridine rings is 1. The summed E-state index contributed by atoms with van der Waals surface area (Å²) in [6.45, 7) is 0. The van der Waals surface area contributed by atoms with E-state index in [0.717, 1.165) is 0 Å². The van der Waals surface area contributed by atoms with Crippen molar-refractivity contribution in [2.24, 2.45) is 0 Å². The fourth-order valence-corrected chi connectivity index (χ4v) is 3.23. The molecule has 28 heavy (non-hydrogen) atoms. The van der Waals surface area contributed by atoms with Crippen LogP contribution in [0.1, 0.15) is 10.4 Å². The summed E-state index contributed by atoms with van der Waals surface area (Å²) in [5.41, 5.74) is 1.77. The number of benzene rings is 2. The molecular weight excluding hydrogens is 425 g/mol. The Balaban J connectivity index is 1.93. The Hall–Kier alpha value is -2.47. The number of ether oxygens (including phenoxy) is 3. The fourth-order valence-electron chi connectivity index (χ4n) is 2.52. The SMILES string of the molecule is COC(=O)c1ccc(-c2cnc(Oc3cc(Cl)cc(Cl)c3)c(Cl)c2)c(OC)c1. The molecule has 0 saturated carbocycles. The molecule has 0 fully saturated rings. The third-order valence-electron chi connectivity index (χ3n) is 3.79. The minimum Gasteiger partial charge on any atom is -0.496 e. The zero-order chi connectivity index (χ0) is 20.3. The molecule has 1 aromatic heterocycles. The summed E-state index contributed by atoms with van der Waals surface area (Å²) in [7, 11) is 2.83. The molecule has 0 aliphatic rings. The van der Waals surface area contributed by atoms with Crippen molar-refractivity contribution in [3.63, 3.8) is 0 Å². The molecule has 0 unspecified atom stereocenters. The van der Waals surface area contributed by atoms with E-state index in [1.807, 2.05) is 0 Å². The molecule has 5 nitrogen and oxygen atoms in total. The van der Waals surface area contributed by atoms with E-state index in [2.05, 4.69) is 4.98 Å². The Bertz CT molecular complexity index is 1020. The maximum atomic E-state index is 11.7. The van der Waals surface area contributed by atoms with Crippen LogP contribution in [-0.4, -0.2) is 25.2 Å². The Morgan fingerprint density at radius 2 is 1.68 bits per heavy atom. The fraction of sp³-hybridized carbons (Fsp3) is 0.100. The average Bonchev–Trinajstić information content (AvgIpc) is 2.67. The van der Waals surface area contributed by atoms with Crippen LogP contribution in [0, 0.1) is 0 Å². The third-order valence-corrected chi connectivity index (χ3v) is 4.50. The second kappa shape index (κ2) is 8.69. The van der Waals surface area contributed by atoms with Crippen molar-refractivity contribution >= 4 is 40.8 Å². The number of halogens is 3. The summed E-state index contributed by atoms with van der Waals surface area (Å²) in [4.78, 5) is 16.0. The summed E-state index contributed by atoms with van der Waals surface area (Å²) in [6.07, 6.45) is 1.59. The van der Waals surface area contributed by atoms with Gasteiger partial charge in [-0.25, -0.2) is 9.78 Å². The van der Waals surface area contributed by atoms with Crippen LogP contribution in [0.5, 0.6) is 17.4 Å². The summed E-state index contributed by atoms with van der Waals surface area (Å²) in [5.74, 6) is 0.648. The Morgan fingerprint density at radius 1 is 0.964 bits per heavy atom. The van der Waals surface area contributed by atoms with E-state index >= 15 is 0 Å². The number of carbonyl (C=O) groups excluding carboxylic acids is 1. The van der Waals surface area contributed by atoms with Crippen LogP contribution in [-0.2, 0) is 4.74 Å². The number of hydrogen-bond acceptors (Lipinski definition) is 5. The van der Waals surface area contributed by atoms with E-state index in [0.29, 0.717) is 38.2 Å². The van der Waals surface area contributed by atoms with E-state index < -0.39 is 5.97 Å². The Kier molecular flexibility index (Phi) is 6.29. The van der Waals surface area contributed by atoms with Gasteiger partial charge >= 0.3 is 5.97 Å². The van der Waals surface area contributed by atoms with Gasteiger partial charge in [0.05, 0.1) is 19.8 Å². The van der Waals surface area contributed by atoms with Crippen LogP contribution < -0.4 is 9.47 Å². The molecule has 0 atom stereocenters. The number of rotatable bonds is 5. The first-order valence-corrected chi connectivity index (χ1v) is 9.11. The Labute approximate surface area is 176 Å². The molecule has 0 N–H and O–H groups in total. The van der Waals surface area contributed by atoms with Crippen molar-refractivity contribution in [3.05, 3.63) is 69.3 Å². The first kappa shape index (κ1) is 20.3. The zero-order valence-corrected chi connectivity index (χ0v) is 17.1. The van der Waals surface area contributed by atoms with Crippen LogP contribution in [0.4, 0.5) is 0 Å². The second-order valence-corrected chi connectivity index (χ2v) is 6.90. The van der Waals surface area contributed by atoms with Crippen LogP contribution in [0.25, 0.3) is 11.1 Å². The molecule has 3 rings (SSSR count). The monoisotopic (exact) mass is 437 g/mol. The number of esters is 1. The minimum absolute atomic E-state index is 0.203. The van der Waals surface area contributed by atoms with Crippen LogP contribution in [0.2, 0.25) is 15.1 Å². The quantitative estimate of drug-likeness (QED) is 0.438. The van der Waals surface area contributed by atoms with Gasteiger partial charge < -0.3 is 14.2 Å². The van der Waals surface area contributed by atoms with E-state index in [9.17, 15) is 4.79 Å². The van der Waals surface area contributed by atoms with Crippen molar-refractivity contribution in [3.8, 4) is 28.5 Å². The molecule has 3 aromatic rings. The third kappa shape index (κ3) is 4.50. The van der Waals surface area contributed by atoms with Crippen LogP contribution in [0.15, 0.2) is 48.7 Å². The summed E-state index contributed by atoms with van der Waals surface area (Å²) in [6, 6.07) is 11.4. The normalized spacial score (nSPS) is 10.5. The van der Waals surface area contributed by atoms with Crippen molar-refractivity contribution in [2.75, 3.05) is 14.2 Å². The second-order valence-electron chi connectivity index (χ2n) is 5.62. The molecule has 0 amide bonds. The molecule has 0 saturated heterocycles. The lowest BCUT2D eigenvalue weighted by molar-refractivity contribution is 0.0600. The first-order valence-electron chi connectivity index (χ1n) is 7.97. The van der Waals surface area contributed by atoms with Gasteiger partial charge in [-0.05, 0) is 42.5 Å². The predicted molar refractivity (Wildman–Crippen MR) is 109 cm³/mol. The predicted octanol–water partition coefficient (Wildman–Crippen LogP) is 6.30. The van der Waals surface area contributed by atoms with Gasteiger partial charge in [-0.3, -0.25) is 0 Å². The van der Waals surface area contributed by atoms with E-state index in [4.69, 9.17) is 49.0 Å². The van der Waals surface area contributed by atoms with Gasteiger partial charge in [-0.15, -0.1) is 0 Å². The number of aromatic nitrogens is 1. The summed E-state index contributed by atoms with van der Waals surface area (Å²) < 4.78 is 15.8. The van der Waals surface area contributed by atoms with Gasteiger partial charge in [0.2, 0.25) is 5.88 Å². The molecule has 144 valence electrons. The maximum Gasteiger partial charge on any atom is 0.337 e. The van der Waals surface area contributed by atoms with Gasteiger partial charge in [0.25, 0.3) is 0 Å². The van der Waals surface area contributed by atoms with Crippen LogP contribution in [0.3, 0.4) is 0 Å². The molecule has 0 bridgehead atoms. The molecule has 0 aliphatic heterocycles. The molecule has 8 heteroatoms.